The molecule has 0 amide bonds. The summed E-state index contributed by atoms with van der Waals surface area (Å²) in [4.78, 5) is 7.86. The van der Waals surface area contributed by atoms with Crippen molar-refractivity contribution in [3.8, 4) is 11.5 Å². The Labute approximate surface area is 183 Å². The molecule has 4 atom stereocenters. The van der Waals surface area contributed by atoms with Crippen molar-refractivity contribution in [2.75, 3.05) is 20.7 Å². The SMILES string of the molecule is COc1ccc2c3c1OC1c4nc5ccccc5c(C)c4C[C@@]4(C)[C@H](C2)N(C)CC[C@]314. The Morgan fingerprint density at radius 3 is 2.87 bits per heavy atom. The number of piperidine rings is 1. The molecule has 3 aromatic rings. The Hall–Kier alpha value is -2.59. The normalized spacial score (nSPS) is 32.4. The Kier molecular flexibility index (Phi) is 3.26. The molecule has 1 aromatic heterocycles. The summed E-state index contributed by atoms with van der Waals surface area (Å²) >= 11 is 0. The van der Waals surface area contributed by atoms with Gasteiger partial charge in [0, 0.05) is 22.4 Å². The molecule has 31 heavy (non-hydrogen) atoms. The number of aromatic nitrogens is 1. The van der Waals surface area contributed by atoms with Crippen molar-refractivity contribution < 1.29 is 9.47 Å². The number of likely N-dealkylation sites (tertiary alicyclic amines) is 1. The molecular formula is C27H28N2O2. The van der Waals surface area contributed by atoms with E-state index in [-0.39, 0.29) is 16.9 Å². The van der Waals surface area contributed by atoms with Crippen molar-refractivity contribution in [3.05, 3.63) is 64.3 Å². The van der Waals surface area contributed by atoms with Crippen LogP contribution in [0.3, 0.4) is 0 Å². The highest BCUT2D eigenvalue weighted by molar-refractivity contribution is 5.84. The summed E-state index contributed by atoms with van der Waals surface area (Å²) in [5.41, 5.74) is 7.91. The van der Waals surface area contributed by atoms with Crippen LogP contribution in [0.1, 0.15) is 47.4 Å². The largest absolute Gasteiger partial charge is 0.493 e. The van der Waals surface area contributed by atoms with Gasteiger partial charge in [-0.3, -0.25) is 0 Å². The van der Waals surface area contributed by atoms with Gasteiger partial charge in [0.15, 0.2) is 17.6 Å². The van der Waals surface area contributed by atoms with Crippen molar-refractivity contribution in [2.45, 2.75) is 50.7 Å². The van der Waals surface area contributed by atoms with E-state index in [1.807, 2.05) is 0 Å². The van der Waals surface area contributed by atoms with Crippen LogP contribution in [0.15, 0.2) is 36.4 Å². The zero-order chi connectivity index (χ0) is 21.1. The first-order valence-corrected chi connectivity index (χ1v) is 11.4. The highest BCUT2D eigenvalue weighted by Gasteiger charge is 2.70. The molecule has 0 saturated carbocycles. The number of benzene rings is 2. The van der Waals surface area contributed by atoms with Gasteiger partial charge in [-0.2, -0.15) is 0 Å². The summed E-state index contributed by atoms with van der Waals surface area (Å²) in [7, 11) is 4.06. The number of hydrogen-bond donors (Lipinski definition) is 0. The number of pyridine rings is 1. The molecule has 158 valence electrons. The van der Waals surface area contributed by atoms with E-state index in [1.165, 1.54) is 27.6 Å². The molecule has 0 radical (unpaired) electrons. The number of nitrogens with zero attached hydrogens (tertiary/aromatic N) is 2. The average Bonchev–Trinajstić information content (AvgIpc) is 3.13. The fourth-order valence-electron chi connectivity index (χ4n) is 7.71. The molecule has 4 aliphatic rings. The summed E-state index contributed by atoms with van der Waals surface area (Å²) in [6.45, 7) is 5.90. The zero-order valence-corrected chi connectivity index (χ0v) is 18.7. The van der Waals surface area contributed by atoms with Gasteiger partial charge in [0.05, 0.1) is 23.7 Å². The standard InChI is InChI=1S/C27H28N2O2/c1-15-17-7-5-6-8-19(17)28-23-18(15)14-26(2)21-13-16-9-10-20(30-4)24-22(16)27(26,25(23)31-24)11-12-29(21)3/h5-10,21,25H,11-14H2,1-4H3/t21-,25?,26-,27-/m0/s1. The van der Waals surface area contributed by atoms with Crippen LogP contribution < -0.4 is 9.47 Å². The molecule has 2 aliphatic carbocycles. The molecule has 7 rings (SSSR count). The molecule has 2 aromatic carbocycles. The van der Waals surface area contributed by atoms with Gasteiger partial charge in [-0.1, -0.05) is 31.2 Å². The van der Waals surface area contributed by atoms with Crippen LogP contribution in [0.25, 0.3) is 10.9 Å². The number of hydrogen-bond acceptors (Lipinski definition) is 4. The molecule has 4 heteroatoms. The lowest BCUT2D eigenvalue weighted by molar-refractivity contribution is -0.0911. The molecule has 1 spiro atoms. The second-order valence-corrected chi connectivity index (χ2v) is 10.3. The predicted molar refractivity (Wildman–Crippen MR) is 121 cm³/mol. The van der Waals surface area contributed by atoms with Crippen LogP contribution >= 0.6 is 0 Å². The van der Waals surface area contributed by atoms with Crippen LogP contribution in [0.5, 0.6) is 11.5 Å². The van der Waals surface area contributed by atoms with Gasteiger partial charge >= 0.3 is 0 Å². The van der Waals surface area contributed by atoms with Crippen molar-refractivity contribution in [1.29, 1.82) is 0 Å². The first-order valence-electron chi connectivity index (χ1n) is 11.4. The van der Waals surface area contributed by atoms with Gasteiger partial charge in [-0.05, 0) is 68.6 Å². The first kappa shape index (κ1) is 18.0. The van der Waals surface area contributed by atoms with E-state index in [4.69, 9.17) is 14.5 Å². The fraction of sp³-hybridized carbons (Fsp3) is 0.444. The fourth-order valence-corrected chi connectivity index (χ4v) is 7.71. The highest BCUT2D eigenvalue weighted by atomic mass is 16.5. The number of para-hydroxylation sites is 1. The molecule has 1 fully saturated rings. The van der Waals surface area contributed by atoms with E-state index in [0.29, 0.717) is 6.04 Å². The van der Waals surface area contributed by atoms with Crippen molar-refractivity contribution in [2.24, 2.45) is 5.41 Å². The Bertz CT molecular complexity index is 1280. The van der Waals surface area contributed by atoms with E-state index < -0.39 is 0 Å². The first-order chi connectivity index (χ1) is 15.0. The van der Waals surface area contributed by atoms with E-state index in [1.54, 1.807) is 7.11 Å². The lowest BCUT2D eigenvalue weighted by Gasteiger charge is -2.64. The van der Waals surface area contributed by atoms with Gasteiger partial charge in [-0.25, -0.2) is 4.98 Å². The molecule has 1 saturated heterocycles. The predicted octanol–water partition coefficient (Wildman–Crippen LogP) is 4.75. The number of rotatable bonds is 1. The summed E-state index contributed by atoms with van der Waals surface area (Å²) in [5.74, 6) is 1.83. The van der Waals surface area contributed by atoms with E-state index in [2.05, 4.69) is 62.2 Å². The summed E-state index contributed by atoms with van der Waals surface area (Å²) in [5, 5.41) is 1.27. The third kappa shape index (κ3) is 1.87. The maximum atomic E-state index is 6.93. The second-order valence-electron chi connectivity index (χ2n) is 10.3. The minimum Gasteiger partial charge on any atom is -0.493 e. The summed E-state index contributed by atoms with van der Waals surface area (Å²) in [6.07, 6.45) is 3.18. The summed E-state index contributed by atoms with van der Waals surface area (Å²) in [6, 6.07) is 13.4. The van der Waals surface area contributed by atoms with E-state index in [9.17, 15) is 0 Å². The highest BCUT2D eigenvalue weighted by Crippen LogP contribution is 2.71. The monoisotopic (exact) mass is 412 g/mol. The lowest BCUT2D eigenvalue weighted by atomic mass is 9.44. The summed E-state index contributed by atoms with van der Waals surface area (Å²) < 4.78 is 12.7. The van der Waals surface area contributed by atoms with Crippen molar-refractivity contribution in [3.63, 3.8) is 0 Å². The van der Waals surface area contributed by atoms with Crippen LogP contribution in [-0.4, -0.2) is 36.6 Å². The Morgan fingerprint density at radius 1 is 1.19 bits per heavy atom. The van der Waals surface area contributed by atoms with Crippen molar-refractivity contribution in [1.82, 2.24) is 9.88 Å². The van der Waals surface area contributed by atoms with Crippen LogP contribution in [0.4, 0.5) is 0 Å². The minimum absolute atomic E-state index is 0.0451. The van der Waals surface area contributed by atoms with E-state index >= 15 is 0 Å². The number of fused-ring (bicyclic) bond motifs is 3. The maximum Gasteiger partial charge on any atom is 0.166 e. The van der Waals surface area contributed by atoms with Crippen LogP contribution in [0.2, 0.25) is 0 Å². The Morgan fingerprint density at radius 2 is 2.03 bits per heavy atom. The maximum absolute atomic E-state index is 6.93. The number of aryl methyl sites for hydroxylation is 1. The van der Waals surface area contributed by atoms with Crippen LogP contribution in [-0.2, 0) is 18.3 Å². The number of likely N-dealkylation sites (N-methyl/N-ethyl adjacent to an activating group) is 1. The lowest BCUT2D eigenvalue weighted by Crippen LogP contribution is -2.68. The third-order valence-corrected chi connectivity index (χ3v) is 9.22. The second kappa shape index (κ2) is 5.60. The van der Waals surface area contributed by atoms with Crippen LogP contribution in [0, 0.1) is 12.3 Å². The molecule has 1 unspecified atom stereocenters. The molecule has 3 heterocycles. The Balaban J connectivity index is 1.60. The topological polar surface area (TPSA) is 34.6 Å². The molecule has 0 N–H and O–H groups in total. The molecular weight excluding hydrogens is 384 g/mol. The van der Waals surface area contributed by atoms with E-state index in [0.717, 1.165) is 48.5 Å². The number of methoxy groups -OCH3 is 1. The molecule has 2 aliphatic heterocycles. The van der Waals surface area contributed by atoms with Gasteiger partial charge < -0.3 is 14.4 Å². The van der Waals surface area contributed by atoms with Gasteiger partial charge in [0.25, 0.3) is 0 Å². The molecule has 2 bridgehead atoms. The smallest absolute Gasteiger partial charge is 0.166 e. The third-order valence-electron chi connectivity index (χ3n) is 9.22. The van der Waals surface area contributed by atoms with Gasteiger partial charge in [0.2, 0.25) is 0 Å². The van der Waals surface area contributed by atoms with Gasteiger partial charge in [0.1, 0.15) is 0 Å². The zero-order valence-electron chi connectivity index (χ0n) is 18.7. The average molecular weight is 413 g/mol. The number of ether oxygens (including phenoxy) is 2. The van der Waals surface area contributed by atoms with Crippen molar-refractivity contribution >= 4 is 10.9 Å². The van der Waals surface area contributed by atoms with Gasteiger partial charge in [-0.15, -0.1) is 0 Å². The molecule has 4 nitrogen and oxygen atoms in total. The minimum atomic E-state index is -0.0499. The quantitative estimate of drug-likeness (QED) is 0.578.